The second-order valence-electron chi connectivity index (χ2n) is 12.2. The number of unbranched alkanes of at least 4 members (excludes halogenated alkanes) is 2. The first-order valence-corrected chi connectivity index (χ1v) is 15.5. The van der Waals surface area contributed by atoms with Gasteiger partial charge in [-0.05, 0) is 50.4 Å². The number of fused-ring (bicyclic) bond motifs is 1. The smallest absolute Gasteiger partial charge is 0.228 e. The zero-order valence-electron chi connectivity index (χ0n) is 25.4. The van der Waals surface area contributed by atoms with Crippen molar-refractivity contribution in [1.29, 1.82) is 0 Å². The number of nitrogens with zero attached hydrogens (tertiary/aromatic N) is 3. The molecule has 0 radical (unpaired) electrons. The Kier molecular flexibility index (Phi) is 11.1. The van der Waals surface area contributed by atoms with Crippen molar-refractivity contribution in [2.75, 3.05) is 39.9 Å². The van der Waals surface area contributed by atoms with Crippen molar-refractivity contribution in [2.45, 2.75) is 95.0 Å². The number of likely N-dealkylation sites (N-methyl/N-ethyl adjacent to an activating group) is 1. The molecule has 41 heavy (non-hydrogen) atoms. The van der Waals surface area contributed by atoms with Crippen LogP contribution in [0, 0.1) is 5.92 Å². The van der Waals surface area contributed by atoms with Gasteiger partial charge in [0.2, 0.25) is 5.91 Å². The number of amides is 1. The van der Waals surface area contributed by atoms with E-state index in [0.717, 1.165) is 50.8 Å². The van der Waals surface area contributed by atoms with Crippen molar-refractivity contribution >= 4 is 12.1 Å². The number of hydrogen-bond donors (Lipinski definition) is 3. The SMILES string of the molecule is CCCCCC12CC=C(F)CN1C(C(C(=O)NC(C=NCC)C(C)c1ccc([C@H]3COCCN3C)cc1)C(N)N)C2. The van der Waals surface area contributed by atoms with Gasteiger partial charge >= 0.3 is 0 Å². The molecule has 5 N–H and O–H groups in total. The Morgan fingerprint density at radius 3 is 2.68 bits per heavy atom. The molecule has 3 heterocycles. The topological polar surface area (TPSA) is 109 Å². The lowest BCUT2D eigenvalue weighted by Gasteiger charge is -2.62. The lowest BCUT2D eigenvalue weighted by molar-refractivity contribution is -0.144. The summed E-state index contributed by atoms with van der Waals surface area (Å²) < 4.78 is 20.2. The van der Waals surface area contributed by atoms with Crippen molar-refractivity contribution < 1.29 is 13.9 Å². The predicted molar refractivity (Wildman–Crippen MR) is 163 cm³/mol. The maximum atomic E-state index is 14.5. The van der Waals surface area contributed by atoms with Gasteiger partial charge in [0.15, 0.2) is 0 Å². The Morgan fingerprint density at radius 1 is 1.27 bits per heavy atom. The average molecular weight is 571 g/mol. The maximum Gasteiger partial charge on any atom is 0.228 e. The van der Waals surface area contributed by atoms with E-state index in [9.17, 15) is 9.18 Å². The molecule has 1 aromatic carbocycles. The lowest BCUT2D eigenvalue weighted by Crippen LogP contribution is -2.73. The standard InChI is InChI=1S/C32H51FN6O2/c1-5-7-8-14-32-15-13-25(33)20-39(32)27(18-32)29(30(34)35)31(40)37-26(19-36-6-2)22(3)23-9-11-24(12-10-23)28-21-41-17-16-38(28)4/h9-13,19,22,26-30H,5-8,14-18,20-21,34-35H2,1-4H3,(H,37,40)/t22?,26?,27?,28-,29?,32?/m1/s1. The van der Waals surface area contributed by atoms with Crippen LogP contribution in [-0.4, -0.2) is 85.6 Å². The molecule has 0 spiro atoms. The molecule has 1 amide bonds. The summed E-state index contributed by atoms with van der Waals surface area (Å²) in [6, 6.07) is 8.29. The Hall–Kier alpha value is -2.17. The van der Waals surface area contributed by atoms with E-state index in [-0.39, 0.29) is 47.9 Å². The minimum absolute atomic E-state index is 0.0248. The molecule has 8 nitrogen and oxygen atoms in total. The summed E-state index contributed by atoms with van der Waals surface area (Å²) in [5.41, 5.74) is 14.8. The zero-order chi connectivity index (χ0) is 29.6. The Labute approximate surface area is 245 Å². The fourth-order valence-corrected chi connectivity index (χ4v) is 6.89. The van der Waals surface area contributed by atoms with Crippen LogP contribution in [0.2, 0.25) is 0 Å². The highest BCUT2D eigenvalue weighted by atomic mass is 19.1. The molecule has 0 bridgehead atoms. The normalized spacial score (nSPS) is 27.7. The molecule has 2 fully saturated rings. The van der Waals surface area contributed by atoms with Crippen molar-refractivity contribution in [3.8, 4) is 0 Å². The van der Waals surface area contributed by atoms with E-state index >= 15 is 0 Å². The number of carbonyl (C=O) groups excluding carboxylic acids is 1. The molecule has 6 atom stereocenters. The van der Waals surface area contributed by atoms with Gasteiger partial charge in [0.25, 0.3) is 0 Å². The number of carbonyl (C=O) groups is 1. The quantitative estimate of drug-likeness (QED) is 0.189. The van der Waals surface area contributed by atoms with Gasteiger partial charge in [0, 0.05) is 36.8 Å². The number of benzene rings is 1. The summed E-state index contributed by atoms with van der Waals surface area (Å²) in [6.07, 6.45) is 8.55. The third kappa shape index (κ3) is 7.25. The molecule has 0 aromatic heterocycles. The maximum absolute atomic E-state index is 14.5. The molecule has 0 aliphatic carbocycles. The number of aliphatic imine (C=N–C) groups is 1. The van der Waals surface area contributed by atoms with Crippen LogP contribution in [0.3, 0.4) is 0 Å². The lowest BCUT2D eigenvalue weighted by atomic mass is 9.66. The first kappa shape index (κ1) is 31.8. The Balaban J connectivity index is 1.48. The number of halogens is 1. The molecule has 3 aliphatic rings. The van der Waals surface area contributed by atoms with E-state index in [1.807, 2.05) is 13.1 Å². The minimum atomic E-state index is -0.851. The van der Waals surface area contributed by atoms with E-state index in [0.29, 0.717) is 19.6 Å². The molecule has 0 saturated carbocycles. The highest BCUT2D eigenvalue weighted by molar-refractivity contribution is 5.84. The largest absolute Gasteiger partial charge is 0.378 e. The highest BCUT2D eigenvalue weighted by Gasteiger charge is 2.56. The molecular weight excluding hydrogens is 519 g/mol. The van der Waals surface area contributed by atoms with Gasteiger partial charge in [-0.25, -0.2) is 4.39 Å². The van der Waals surface area contributed by atoms with E-state index in [2.05, 4.69) is 65.3 Å². The van der Waals surface area contributed by atoms with Crippen LogP contribution in [0.4, 0.5) is 4.39 Å². The van der Waals surface area contributed by atoms with E-state index in [4.69, 9.17) is 16.2 Å². The van der Waals surface area contributed by atoms with Crippen LogP contribution in [0.5, 0.6) is 0 Å². The third-order valence-electron chi connectivity index (χ3n) is 9.54. The molecule has 3 aliphatic heterocycles. The summed E-state index contributed by atoms with van der Waals surface area (Å²) in [6.45, 7) is 9.46. The summed E-state index contributed by atoms with van der Waals surface area (Å²) in [5, 5.41) is 3.23. The van der Waals surface area contributed by atoms with Crippen molar-refractivity contribution in [2.24, 2.45) is 22.4 Å². The zero-order valence-corrected chi connectivity index (χ0v) is 25.4. The van der Waals surface area contributed by atoms with Gasteiger partial charge < -0.3 is 21.5 Å². The van der Waals surface area contributed by atoms with Crippen molar-refractivity contribution in [3.05, 3.63) is 47.3 Å². The molecule has 9 heteroatoms. The van der Waals surface area contributed by atoms with Crippen LogP contribution in [0.1, 0.15) is 82.4 Å². The Morgan fingerprint density at radius 2 is 2.02 bits per heavy atom. The highest BCUT2D eigenvalue weighted by Crippen LogP contribution is 2.49. The fourth-order valence-electron chi connectivity index (χ4n) is 6.89. The number of ether oxygens (including phenoxy) is 1. The molecule has 1 aromatic rings. The van der Waals surface area contributed by atoms with Gasteiger partial charge in [-0.15, -0.1) is 0 Å². The number of nitrogens with two attached hydrogens (primary N) is 2. The molecular formula is C32H51FN6O2. The summed E-state index contributed by atoms with van der Waals surface area (Å²) in [7, 11) is 2.13. The number of rotatable bonds is 13. The minimum Gasteiger partial charge on any atom is -0.378 e. The number of nitrogens with one attached hydrogen (secondary N) is 1. The second kappa shape index (κ2) is 14.3. The van der Waals surface area contributed by atoms with Crippen LogP contribution in [-0.2, 0) is 9.53 Å². The van der Waals surface area contributed by atoms with Crippen LogP contribution < -0.4 is 16.8 Å². The molecule has 4 rings (SSSR count). The monoisotopic (exact) mass is 570 g/mol. The summed E-state index contributed by atoms with van der Waals surface area (Å²) in [5.74, 6) is -1.00. The molecule has 228 valence electrons. The molecule has 2 saturated heterocycles. The van der Waals surface area contributed by atoms with Gasteiger partial charge in [-0.3, -0.25) is 19.6 Å². The second-order valence-corrected chi connectivity index (χ2v) is 12.2. The average Bonchev–Trinajstić information content (AvgIpc) is 2.95. The summed E-state index contributed by atoms with van der Waals surface area (Å²) in [4.78, 5) is 22.8. The third-order valence-corrected chi connectivity index (χ3v) is 9.54. The first-order valence-electron chi connectivity index (χ1n) is 15.5. The van der Waals surface area contributed by atoms with Gasteiger partial charge in [0.1, 0.15) is 5.83 Å². The van der Waals surface area contributed by atoms with Crippen molar-refractivity contribution in [1.82, 2.24) is 15.1 Å². The number of hydrogen-bond acceptors (Lipinski definition) is 7. The van der Waals surface area contributed by atoms with E-state index in [1.165, 1.54) is 5.56 Å². The van der Waals surface area contributed by atoms with Crippen LogP contribution >= 0.6 is 0 Å². The van der Waals surface area contributed by atoms with Crippen molar-refractivity contribution in [3.63, 3.8) is 0 Å². The van der Waals surface area contributed by atoms with Crippen LogP contribution in [0.25, 0.3) is 0 Å². The predicted octanol–water partition coefficient (Wildman–Crippen LogP) is 3.88. The molecule has 5 unspecified atom stereocenters. The Bertz CT molecular complexity index is 1060. The van der Waals surface area contributed by atoms with Gasteiger partial charge in [-0.2, -0.15) is 0 Å². The van der Waals surface area contributed by atoms with Crippen LogP contribution in [0.15, 0.2) is 41.2 Å². The number of morpholine rings is 1. The first-order chi connectivity index (χ1) is 19.7. The van der Waals surface area contributed by atoms with Gasteiger partial charge in [0.05, 0.1) is 43.9 Å². The van der Waals surface area contributed by atoms with E-state index < -0.39 is 12.1 Å². The summed E-state index contributed by atoms with van der Waals surface area (Å²) >= 11 is 0. The van der Waals surface area contributed by atoms with E-state index in [1.54, 1.807) is 6.08 Å². The fraction of sp³-hybridized carbons (Fsp3) is 0.688. The van der Waals surface area contributed by atoms with Gasteiger partial charge in [-0.1, -0.05) is 57.4 Å².